The van der Waals surface area contributed by atoms with Gasteiger partial charge in [0.25, 0.3) is 5.91 Å². The fourth-order valence-electron chi connectivity index (χ4n) is 3.82. The zero-order valence-corrected chi connectivity index (χ0v) is 17.4. The number of aromatic nitrogens is 4. The second-order valence-electron chi connectivity index (χ2n) is 7.54. The summed E-state index contributed by atoms with van der Waals surface area (Å²) in [6.07, 6.45) is 3.45. The summed E-state index contributed by atoms with van der Waals surface area (Å²) in [6.45, 7) is 2.48. The quantitative estimate of drug-likeness (QED) is 0.540. The smallest absolute Gasteiger partial charge is 0.274 e. The molecular weight excluding hydrogens is 404 g/mol. The lowest BCUT2D eigenvalue weighted by atomic mass is 10.1. The zero-order chi connectivity index (χ0) is 21.9. The molecule has 1 saturated heterocycles. The van der Waals surface area contributed by atoms with Gasteiger partial charge in [-0.05, 0) is 48.5 Å². The third-order valence-electron chi connectivity index (χ3n) is 5.49. The molecule has 4 aromatic rings. The van der Waals surface area contributed by atoms with E-state index in [4.69, 9.17) is 0 Å². The van der Waals surface area contributed by atoms with Crippen LogP contribution in [-0.2, 0) is 0 Å². The molecule has 2 aromatic carbocycles. The summed E-state index contributed by atoms with van der Waals surface area (Å²) < 4.78 is 1.77. The van der Waals surface area contributed by atoms with Crippen LogP contribution >= 0.6 is 0 Å². The molecular formula is C24H22N6O2. The number of hydrogen-bond acceptors (Lipinski definition) is 6. The summed E-state index contributed by atoms with van der Waals surface area (Å²) in [5, 5.41) is 14.3. The number of piperazine rings is 1. The van der Waals surface area contributed by atoms with E-state index in [1.165, 1.54) is 0 Å². The van der Waals surface area contributed by atoms with Gasteiger partial charge < -0.3 is 14.9 Å². The summed E-state index contributed by atoms with van der Waals surface area (Å²) in [6, 6.07) is 20.2. The van der Waals surface area contributed by atoms with E-state index in [-0.39, 0.29) is 11.7 Å². The van der Waals surface area contributed by atoms with Crippen molar-refractivity contribution in [1.29, 1.82) is 0 Å². The Kier molecular flexibility index (Phi) is 5.25. The lowest BCUT2D eigenvalue weighted by molar-refractivity contribution is 0.0740. The summed E-state index contributed by atoms with van der Waals surface area (Å²) in [7, 11) is 0. The summed E-state index contributed by atoms with van der Waals surface area (Å²) in [5.41, 5.74) is 2.90. The Morgan fingerprint density at radius 2 is 1.53 bits per heavy atom. The van der Waals surface area contributed by atoms with Crippen LogP contribution in [0.15, 0.2) is 79.1 Å². The minimum absolute atomic E-state index is 0.103. The van der Waals surface area contributed by atoms with Gasteiger partial charge in [0, 0.05) is 44.1 Å². The largest absolute Gasteiger partial charge is 0.508 e. The maximum atomic E-state index is 13.3. The van der Waals surface area contributed by atoms with Gasteiger partial charge in [0.05, 0.1) is 11.4 Å². The van der Waals surface area contributed by atoms with Crippen LogP contribution in [0.5, 0.6) is 5.75 Å². The molecule has 0 bridgehead atoms. The van der Waals surface area contributed by atoms with E-state index in [1.54, 1.807) is 35.3 Å². The number of carbonyl (C=O) groups is 1. The van der Waals surface area contributed by atoms with Crippen LogP contribution in [0.4, 0.5) is 5.95 Å². The minimum atomic E-state index is -0.103. The number of anilines is 1. The van der Waals surface area contributed by atoms with Crippen molar-refractivity contribution in [3.05, 3.63) is 84.8 Å². The highest BCUT2D eigenvalue weighted by Crippen LogP contribution is 2.26. The van der Waals surface area contributed by atoms with E-state index < -0.39 is 0 Å². The van der Waals surface area contributed by atoms with E-state index in [0.717, 1.165) is 16.9 Å². The van der Waals surface area contributed by atoms with E-state index in [0.29, 0.717) is 37.8 Å². The second-order valence-corrected chi connectivity index (χ2v) is 7.54. The Balaban J connectivity index is 1.41. The average Bonchev–Trinajstić information content (AvgIpc) is 3.31. The molecule has 1 amide bonds. The molecule has 3 heterocycles. The number of carbonyl (C=O) groups excluding carboxylic acids is 1. The number of benzene rings is 2. The minimum Gasteiger partial charge on any atom is -0.508 e. The van der Waals surface area contributed by atoms with Gasteiger partial charge in [-0.2, -0.15) is 5.10 Å². The molecule has 2 aromatic heterocycles. The fourth-order valence-corrected chi connectivity index (χ4v) is 3.82. The standard InChI is InChI=1S/C24H22N6O2/c31-20-9-7-18(8-10-20)22-17-21(27-30(22)19-5-2-1-3-6-19)23(32)28-13-15-29(16-14-28)24-25-11-4-12-26-24/h1-12,17,31H,13-16H2. The molecule has 8 heteroatoms. The van der Waals surface area contributed by atoms with Crippen LogP contribution in [0, 0.1) is 0 Å². The molecule has 32 heavy (non-hydrogen) atoms. The number of hydrogen-bond donors (Lipinski definition) is 1. The SMILES string of the molecule is O=C(c1cc(-c2ccc(O)cc2)n(-c2ccccc2)n1)N1CCN(c2ncccn2)CC1. The normalized spacial score (nSPS) is 13.9. The highest BCUT2D eigenvalue weighted by Gasteiger charge is 2.26. The van der Waals surface area contributed by atoms with Crippen molar-refractivity contribution >= 4 is 11.9 Å². The number of nitrogens with zero attached hydrogens (tertiary/aromatic N) is 6. The average molecular weight is 426 g/mol. The van der Waals surface area contributed by atoms with Gasteiger partial charge in [0.2, 0.25) is 5.95 Å². The van der Waals surface area contributed by atoms with Crippen molar-refractivity contribution < 1.29 is 9.90 Å². The number of rotatable bonds is 4. The predicted octanol–water partition coefficient (Wildman–Crippen LogP) is 3.00. The van der Waals surface area contributed by atoms with Crippen molar-refractivity contribution in [3.63, 3.8) is 0 Å². The molecule has 1 aliphatic rings. The monoisotopic (exact) mass is 426 g/mol. The molecule has 160 valence electrons. The van der Waals surface area contributed by atoms with E-state index in [9.17, 15) is 9.90 Å². The number of phenols is 1. The summed E-state index contributed by atoms with van der Waals surface area (Å²) in [5.74, 6) is 0.770. The Hall–Kier alpha value is -4.20. The van der Waals surface area contributed by atoms with Crippen LogP contribution in [0.1, 0.15) is 10.5 Å². The Labute approximate surface area is 185 Å². The highest BCUT2D eigenvalue weighted by atomic mass is 16.3. The van der Waals surface area contributed by atoms with E-state index >= 15 is 0 Å². The topological polar surface area (TPSA) is 87.4 Å². The molecule has 1 fully saturated rings. The van der Waals surface area contributed by atoms with Crippen LogP contribution in [0.3, 0.4) is 0 Å². The van der Waals surface area contributed by atoms with Crippen molar-refractivity contribution in [2.45, 2.75) is 0 Å². The van der Waals surface area contributed by atoms with Crippen LogP contribution in [-0.4, -0.2) is 61.8 Å². The summed E-state index contributed by atoms with van der Waals surface area (Å²) in [4.78, 5) is 25.8. The fraction of sp³-hybridized carbons (Fsp3) is 0.167. The van der Waals surface area contributed by atoms with Gasteiger partial charge in [-0.1, -0.05) is 18.2 Å². The molecule has 8 nitrogen and oxygen atoms in total. The molecule has 0 saturated carbocycles. The Bertz CT molecular complexity index is 1200. The molecule has 0 unspecified atom stereocenters. The first-order valence-electron chi connectivity index (χ1n) is 10.5. The zero-order valence-electron chi connectivity index (χ0n) is 17.4. The number of amides is 1. The number of aromatic hydroxyl groups is 1. The predicted molar refractivity (Wildman–Crippen MR) is 121 cm³/mol. The van der Waals surface area contributed by atoms with Crippen LogP contribution < -0.4 is 4.90 Å². The van der Waals surface area contributed by atoms with Crippen LogP contribution in [0.25, 0.3) is 16.9 Å². The lowest BCUT2D eigenvalue weighted by Gasteiger charge is -2.34. The van der Waals surface area contributed by atoms with Crippen molar-refractivity contribution in [2.75, 3.05) is 31.1 Å². The second kappa shape index (κ2) is 8.50. The van der Waals surface area contributed by atoms with Crippen molar-refractivity contribution in [3.8, 4) is 22.7 Å². The van der Waals surface area contributed by atoms with Gasteiger partial charge >= 0.3 is 0 Å². The maximum absolute atomic E-state index is 13.3. The Morgan fingerprint density at radius 3 is 2.22 bits per heavy atom. The maximum Gasteiger partial charge on any atom is 0.274 e. The van der Waals surface area contributed by atoms with Crippen molar-refractivity contribution in [2.24, 2.45) is 0 Å². The molecule has 0 radical (unpaired) electrons. The number of para-hydroxylation sites is 1. The van der Waals surface area contributed by atoms with Gasteiger partial charge in [0.1, 0.15) is 5.75 Å². The number of phenolic OH excluding ortho intramolecular Hbond substituents is 1. The molecule has 5 rings (SSSR count). The first-order valence-corrected chi connectivity index (χ1v) is 10.5. The molecule has 1 aliphatic heterocycles. The van der Waals surface area contributed by atoms with E-state index in [2.05, 4.69) is 20.0 Å². The Morgan fingerprint density at radius 1 is 0.844 bits per heavy atom. The third-order valence-corrected chi connectivity index (χ3v) is 5.49. The third kappa shape index (κ3) is 3.90. The first kappa shape index (κ1) is 19.7. The van der Waals surface area contributed by atoms with Gasteiger partial charge in [-0.25, -0.2) is 14.6 Å². The molecule has 0 spiro atoms. The molecule has 0 atom stereocenters. The molecule has 1 N–H and O–H groups in total. The van der Waals surface area contributed by atoms with Gasteiger partial charge in [-0.15, -0.1) is 0 Å². The van der Waals surface area contributed by atoms with Crippen molar-refractivity contribution in [1.82, 2.24) is 24.6 Å². The van der Waals surface area contributed by atoms with E-state index in [1.807, 2.05) is 53.4 Å². The molecule has 0 aliphatic carbocycles. The highest BCUT2D eigenvalue weighted by molar-refractivity contribution is 5.94. The van der Waals surface area contributed by atoms with Gasteiger partial charge in [-0.3, -0.25) is 4.79 Å². The summed E-state index contributed by atoms with van der Waals surface area (Å²) >= 11 is 0. The first-order chi connectivity index (χ1) is 15.7. The van der Waals surface area contributed by atoms with Crippen LogP contribution in [0.2, 0.25) is 0 Å². The lowest BCUT2D eigenvalue weighted by Crippen LogP contribution is -2.49. The van der Waals surface area contributed by atoms with Gasteiger partial charge in [0.15, 0.2) is 5.69 Å².